The molecular formula is C32H26F5NO4S. The average molecular weight is 616 g/mol. The number of amides is 1. The summed E-state index contributed by atoms with van der Waals surface area (Å²) in [6, 6.07) is 23.2. The van der Waals surface area contributed by atoms with E-state index in [0.717, 1.165) is 16.0 Å². The van der Waals surface area contributed by atoms with Gasteiger partial charge < -0.3 is 19.9 Å². The minimum Gasteiger partial charge on any atom is -0.392 e. The van der Waals surface area contributed by atoms with E-state index in [2.05, 4.69) is 5.32 Å². The molecule has 4 atom stereocenters. The number of carbonyl (C=O) groups is 1. The van der Waals surface area contributed by atoms with Gasteiger partial charge in [0.15, 0.2) is 29.6 Å². The van der Waals surface area contributed by atoms with E-state index in [-0.39, 0.29) is 24.3 Å². The van der Waals surface area contributed by atoms with E-state index in [1.807, 2.05) is 49.4 Å². The van der Waals surface area contributed by atoms with E-state index in [9.17, 15) is 31.9 Å². The van der Waals surface area contributed by atoms with Crippen LogP contribution in [0.4, 0.5) is 27.6 Å². The van der Waals surface area contributed by atoms with Gasteiger partial charge >= 0.3 is 0 Å². The molecule has 1 fully saturated rings. The number of aliphatic hydroxyl groups excluding tert-OH is 1. The Morgan fingerprint density at radius 1 is 0.814 bits per heavy atom. The Bertz CT molecular complexity index is 1580. The lowest BCUT2D eigenvalue weighted by molar-refractivity contribution is -0.268. The Morgan fingerprint density at radius 3 is 2.12 bits per heavy atom. The largest absolute Gasteiger partial charge is 0.392 e. The third kappa shape index (κ3) is 6.59. The number of carbonyl (C=O) groups excluding carboxylic acids is 1. The summed E-state index contributed by atoms with van der Waals surface area (Å²) in [5.74, 6) is -12.3. The van der Waals surface area contributed by atoms with Gasteiger partial charge in [0.05, 0.1) is 18.8 Å². The van der Waals surface area contributed by atoms with Crippen LogP contribution in [0, 0.1) is 35.0 Å². The fraction of sp³-hybridized carbons (Fsp3) is 0.219. The van der Waals surface area contributed by atoms with Crippen LogP contribution in [-0.2, 0) is 16.1 Å². The van der Waals surface area contributed by atoms with Crippen molar-refractivity contribution in [1.29, 1.82) is 0 Å². The van der Waals surface area contributed by atoms with Gasteiger partial charge in [0.2, 0.25) is 5.82 Å². The van der Waals surface area contributed by atoms with Gasteiger partial charge in [0.25, 0.3) is 5.91 Å². The second-order valence-electron chi connectivity index (χ2n) is 9.97. The first-order valence-electron chi connectivity index (χ1n) is 13.3. The predicted molar refractivity (Wildman–Crippen MR) is 151 cm³/mol. The van der Waals surface area contributed by atoms with E-state index in [1.165, 1.54) is 18.2 Å². The van der Waals surface area contributed by atoms with E-state index in [0.29, 0.717) is 11.3 Å². The first kappa shape index (κ1) is 30.7. The highest BCUT2D eigenvalue weighted by Crippen LogP contribution is 2.43. The maximum atomic E-state index is 14.2. The molecule has 4 aromatic carbocycles. The van der Waals surface area contributed by atoms with Crippen LogP contribution >= 0.6 is 11.8 Å². The summed E-state index contributed by atoms with van der Waals surface area (Å²) in [5.41, 5.74) is 0.493. The molecule has 1 aliphatic rings. The SMILES string of the molecule is C[C@H]1[C@@H](CSc2ccccc2)O[C@@H](c2cccc(NC(=O)c3c(F)c(F)c(F)c(F)c3F)c2)O[C@H]1c1ccc(CO)cc1. The van der Waals surface area contributed by atoms with Crippen LogP contribution in [0.3, 0.4) is 0 Å². The third-order valence-electron chi connectivity index (χ3n) is 7.13. The van der Waals surface area contributed by atoms with Crippen LogP contribution in [-0.4, -0.2) is 22.9 Å². The number of rotatable bonds is 8. The van der Waals surface area contributed by atoms with Crippen molar-refractivity contribution in [3.8, 4) is 0 Å². The van der Waals surface area contributed by atoms with Crippen LogP contribution in [0.25, 0.3) is 0 Å². The van der Waals surface area contributed by atoms with E-state index in [4.69, 9.17) is 9.47 Å². The zero-order valence-corrected chi connectivity index (χ0v) is 23.5. The molecule has 2 N–H and O–H groups in total. The minimum absolute atomic E-state index is 0.0244. The molecule has 0 saturated carbocycles. The Balaban J connectivity index is 1.41. The van der Waals surface area contributed by atoms with Gasteiger partial charge in [0, 0.05) is 27.8 Å². The normalized spacial score (nSPS) is 20.2. The predicted octanol–water partition coefficient (Wildman–Crippen LogP) is 7.71. The monoisotopic (exact) mass is 615 g/mol. The van der Waals surface area contributed by atoms with Crippen molar-refractivity contribution >= 4 is 23.4 Å². The van der Waals surface area contributed by atoms with Gasteiger partial charge in [-0.3, -0.25) is 4.79 Å². The lowest BCUT2D eigenvalue weighted by Crippen LogP contribution is -2.38. The van der Waals surface area contributed by atoms with E-state index < -0.39 is 53.0 Å². The van der Waals surface area contributed by atoms with Gasteiger partial charge in [-0.05, 0) is 35.4 Å². The number of halogens is 5. The maximum Gasteiger partial charge on any atom is 0.261 e. The molecule has 11 heteroatoms. The Labute approximate surface area is 248 Å². The van der Waals surface area contributed by atoms with Gasteiger partial charge in [-0.2, -0.15) is 0 Å². The highest BCUT2D eigenvalue weighted by atomic mass is 32.2. The second-order valence-corrected chi connectivity index (χ2v) is 11.1. The number of thioether (sulfide) groups is 1. The van der Waals surface area contributed by atoms with Crippen LogP contribution < -0.4 is 5.32 Å². The molecule has 5 nitrogen and oxygen atoms in total. The summed E-state index contributed by atoms with van der Waals surface area (Å²) in [4.78, 5) is 13.7. The highest BCUT2D eigenvalue weighted by Gasteiger charge is 2.38. The molecule has 1 saturated heterocycles. The number of hydrogen-bond donors (Lipinski definition) is 2. The highest BCUT2D eigenvalue weighted by molar-refractivity contribution is 7.99. The summed E-state index contributed by atoms with van der Waals surface area (Å²) < 4.78 is 82.0. The third-order valence-corrected chi connectivity index (χ3v) is 8.24. The first-order chi connectivity index (χ1) is 20.7. The molecule has 1 aliphatic heterocycles. The molecule has 0 radical (unpaired) electrons. The molecule has 4 aromatic rings. The standard InChI is InChI=1S/C32H26F5NO4S/c1-17-23(16-43-22-8-3-2-4-9-22)41-32(42-30(17)19-12-10-18(15-39)11-13-19)20-6-5-7-21(14-20)38-31(40)24-25(33)27(35)29(37)28(36)26(24)34/h2-14,17,23,30,32,39H,15-16H2,1H3,(H,38,40)/t17-,23+,30+,32+/m0/s1. The zero-order valence-electron chi connectivity index (χ0n) is 22.7. The maximum absolute atomic E-state index is 14.2. The molecule has 0 bridgehead atoms. The van der Waals surface area contributed by atoms with Crippen molar-refractivity contribution in [2.24, 2.45) is 5.92 Å². The molecule has 0 aliphatic carbocycles. The van der Waals surface area contributed by atoms with Gasteiger partial charge in [0.1, 0.15) is 5.56 Å². The fourth-order valence-electron chi connectivity index (χ4n) is 4.77. The summed E-state index contributed by atoms with van der Waals surface area (Å²) in [5, 5.41) is 11.7. The molecule has 0 aromatic heterocycles. The summed E-state index contributed by atoms with van der Waals surface area (Å²) in [7, 11) is 0. The average Bonchev–Trinajstić information content (AvgIpc) is 3.03. The van der Waals surface area contributed by atoms with Crippen molar-refractivity contribution < 1.29 is 41.3 Å². The number of aliphatic hydroxyl groups is 1. The summed E-state index contributed by atoms with van der Waals surface area (Å²) >= 11 is 1.62. The Hall–Kier alpha value is -3.77. The topological polar surface area (TPSA) is 67.8 Å². The van der Waals surface area contributed by atoms with Crippen molar-refractivity contribution in [3.05, 3.63) is 130 Å². The smallest absolute Gasteiger partial charge is 0.261 e. The van der Waals surface area contributed by atoms with E-state index >= 15 is 0 Å². The van der Waals surface area contributed by atoms with Crippen LogP contribution in [0.2, 0.25) is 0 Å². The fourth-order valence-corrected chi connectivity index (χ4v) is 5.85. The van der Waals surface area contributed by atoms with E-state index in [1.54, 1.807) is 30.0 Å². The van der Waals surface area contributed by atoms with Crippen molar-refractivity contribution in [1.82, 2.24) is 0 Å². The Morgan fingerprint density at radius 2 is 1.47 bits per heavy atom. The number of nitrogens with one attached hydrogen (secondary N) is 1. The molecule has 1 heterocycles. The van der Waals surface area contributed by atoms with Gasteiger partial charge in [-0.1, -0.05) is 61.5 Å². The quantitative estimate of drug-likeness (QED) is 0.0920. The zero-order chi connectivity index (χ0) is 30.7. The first-order valence-corrected chi connectivity index (χ1v) is 14.3. The minimum atomic E-state index is -2.35. The van der Waals surface area contributed by atoms with Crippen LogP contribution in [0.15, 0.2) is 83.8 Å². The molecular weight excluding hydrogens is 589 g/mol. The number of anilines is 1. The van der Waals surface area contributed by atoms with Crippen molar-refractivity contribution in [2.75, 3.05) is 11.1 Å². The van der Waals surface area contributed by atoms with Crippen LogP contribution in [0.5, 0.6) is 0 Å². The molecule has 5 rings (SSSR count). The molecule has 0 unspecified atom stereocenters. The molecule has 1 amide bonds. The molecule has 224 valence electrons. The number of hydrogen-bond acceptors (Lipinski definition) is 5. The lowest BCUT2D eigenvalue weighted by Gasteiger charge is -2.41. The molecule has 43 heavy (non-hydrogen) atoms. The van der Waals surface area contributed by atoms with Gasteiger partial charge in [-0.15, -0.1) is 11.8 Å². The number of ether oxygens (including phenoxy) is 2. The van der Waals surface area contributed by atoms with Crippen LogP contribution in [0.1, 0.15) is 46.4 Å². The van der Waals surface area contributed by atoms with Crippen molar-refractivity contribution in [2.45, 2.75) is 36.9 Å². The summed E-state index contributed by atoms with van der Waals surface area (Å²) in [6.07, 6.45) is -1.64. The summed E-state index contributed by atoms with van der Waals surface area (Å²) in [6.45, 7) is 1.91. The Kier molecular flexibility index (Phi) is 9.46. The van der Waals surface area contributed by atoms with Crippen molar-refractivity contribution in [3.63, 3.8) is 0 Å². The second kappa shape index (κ2) is 13.3. The lowest BCUT2D eigenvalue weighted by atomic mass is 9.91. The number of benzene rings is 4. The van der Waals surface area contributed by atoms with Gasteiger partial charge in [-0.25, -0.2) is 22.0 Å². The molecule has 0 spiro atoms.